The number of hydrogen-bond acceptors (Lipinski definition) is 2. The molecular weight excluding hydrogens is 255 g/mol. The first-order valence-electron chi connectivity index (χ1n) is 6.33. The number of anilines is 2. The smallest absolute Gasteiger partial charge is 0.255 e. The Bertz CT molecular complexity index is 680. The van der Waals surface area contributed by atoms with Crippen molar-refractivity contribution in [2.24, 2.45) is 0 Å². The van der Waals surface area contributed by atoms with Gasteiger partial charge in [0.05, 0.1) is 11.4 Å². The van der Waals surface area contributed by atoms with E-state index in [4.69, 9.17) is 5.73 Å². The molecule has 0 aromatic heterocycles. The number of aryl methyl sites for hydroxylation is 2. The van der Waals surface area contributed by atoms with Gasteiger partial charge in [0, 0.05) is 5.56 Å². The lowest BCUT2D eigenvalue weighted by Gasteiger charge is -2.13. The highest BCUT2D eigenvalue weighted by molar-refractivity contribution is 6.06. The standard InChI is InChI=1S/C16H17FN2O/c1-9-5-7-14(18)15(11(9)3)19-16(20)12-6-4-10(2)13(17)8-12/h4-8H,18H2,1-3H3,(H,19,20). The van der Waals surface area contributed by atoms with Crippen LogP contribution in [0.2, 0.25) is 0 Å². The molecule has 0 aliphatic rings. The number of rotatable bonds is 2. The number of nitrogen functional groups attached to an aromatic ring is 1. The van der Waals surface area contributed by atoms with Crippen molar-refractivity contribution in [3.63, 3.8) is 0 Å². The summed E-state index contributed by atoms with van der Waals surface area (Å²) in [6, 6.07) is 8.04. The summed E-state index contributed by atoms with van der Waals surface area (Å²) in [4.78, 5) is 12.2. The van der Waals surface area contributed by atoms with Crippen LogP contribution in [-0.2, 0) is 0 Å². The molecule has 2 rings (SSSR count). The Morgan fingerprint density at radius 1 is 1.10 bits per heavy atom. The number of hydrogen-bond donors (Lipinski definition) is 2. The Morgan fingerprint density at radius 3 is 2.40 bits per heavy atom. The zero-order valence-corrected chi connectivity index (χ0v) is 11.8. The van der Waals surface area contributed by atoms with E-state index in [-0.39, 0.29) is 11.5 Å². The van der Waals surface area contributed by atoms with Gasteiger partial charge in [0.1, 0.15) is 5.82 Å². The Morgan fingerprint density at radius 2 is 1.75 bits per heavy atom. The Kier molecular flexibility index (Phi) is 3.74. The van der Waals surface area contributed by atoms with Crippen LogP contribution in [0, 0.1) is 26.6 Å². The number of halogens is 1. The van der Waals surface area contributed by atoms with Crippen LogP contribution in [0.3, 0.4) is 0 Å². The molecule has 104 valence electrons. The molecule has 2 aromatic carbocycles. The Balaban J connectivity index is 2.32. The van der Waals surface area contributed by atoms with Gasteiger partial charge in [-0.2, -0.15) is 0 Å². The molecule has 0 unspecified atom stereocenters. The van der Waals surface area contributed by atoms with E-state index < -0.39 is 5.82 Å². The van der Waals surface area contributed by atoms with Crippen LogP contribution >= 0.6 is 0 Å². The Hall–Kier alpha value is -2.36. The second kappa shape index (κ2) is 5.33. The third kappa shape index (κ3) is 2.64. The molecule has 2 aromatic rings. The van der Waals surface area contributed by atoms with E-state index in [2.05, 4.69) is 5.32 Å². The molecule has 0 aliphatic carbocycles. The van der Waals surface area contributed by atoms with Crippen LogP contribution < -0.4 is 11.1 Å². The quantitative estimate of drug-likeness (QED) is 0.821. The summed E-state index contributed by atoms with van der Waals surface area (Å²) in [5, 5.41) is 2.75. The highest BCUT2D eigenvalue weighted by Crippen LogP contribution is 2.26. The van der Waals surface area contributed by atoms with Crippen molar-refractivity contribution >= 4 is 17.3 Å². The van der Waals surface area contributed by atoms with Crippen molar-refractivity contribution < 1.29 is 9.18 Å². The molecule has 3 nitrogen and oxygen atoms in total. The summed E-state index contributed by atoms with van der Waals surface area (Å²) in [7, 11) is 0. The summed E-state index contributed by atoms with van der Waals surface area (Å²) < 4.78 is 13.5. The largest absolute Gasteiger partial charge is 0.397 e. The molecule has 0 saturated carbocycles. The van der Waals surface area contributed by atoms with Crippen LogP contribution in [0.4, 0.5) is 15.8 Å². The molecule has 0 bridgehead atoms. The van der Waals surface area contributed by atoms with Gasteiger partial charge in [-0.05, 0) is 55.7 Å². The Labute approximate surface area is 117 Å². The third-order valence-corrected chi connectivity index (χ3v) is 3.44. The van der Waals surface area contributed by atoms with E-state index in [0.29, 0.717) is 16.9 Å². The summed E-state index contributed by atoms with van der Waals surface area (Å²) in [6.45, 7) is 5.48. The van der Waals surface area contributed by atoms with Gasteiger partial charge in [-0.15, -0.1) is 0 Å². The van der Waals surface area contributed by atoms with E-state index in [0.717, 1.165) is 11.1 Å². The fraction of sp³-hybridized carbons (Fsp3) is 0.188. The summed E-state index contributed by atoms with van der Waals surface area (Å²) >= 11 is 0. The van der Waals surface area contributed by atoms with Crippen LogP contribution in [0.15, 0.2) is 30.3 Å². The molecule has 0 saturated heterocycles. The van der Waals surface area contributed by atoms with Crippen molar-refractivity contribution in [2.75, 3.05) is 11.1 Å². The van der Waals surface area contributed by atoms with Gasteiger partial charge in [-0.3, -0.25) is 4.79 Å². The number of nitrogens with two attached hydrogens (primary N) is 1. The van der Waals surface area contributed by atoms with Crippen LogP contribution in [0.1, 0.15) is 27.0 Å². The number of amides is 1. The van der Waals surface area contributed by atoms with Crippen molar-refractivity contribution in [1.82, 2.24) is 0 Å². The lowest BCUT2D eigenvalue weighted by molar-refractivity contribution is 0.102. The molecule has 0 heterocycles. The normalized spacial score (nSPS) is 10.4. The maximum atomic E-state index is 13.5. The van der Waals surface area contributed by atoms with Gasteiger partial charge >= 0.3 is 0 Å². The van der Waals surface area contributed by atoms with Crippen LogP contribution in [0.25, 0.3) is 0 Å². The van der Waals surface area contributed by atoms with Crippen molar-refractivity contribution in [3.8, 4) is 0 Å². The molecule has 1 amide bonds. The van der Waals surface area contributed by atoms with Gasteiger partial charge in [-0.25, -0.2) is 4.39 Å². The molecule has 20 heavy (non-hydrogen) atoms. The predicted molar refractivity (Wildman–Crippen MR) is 79.4 cm³/mol. The van der Waals surface area contributed by atoms with E-state index >= 15 is 0 Å². The highest BCUT2D eigenvalue weighted by atomic mass is 19.1. The lowest BCUT2D eigenvalue weighted by atomic mass is 10.1. The SMILES string of the molecule is Cc1ccc(C(=O)Nc2c(N)ccc(C)c2C)cc1F. The van der Waals surface area contributed by atoms with Crippen LogP contribution in [0.5, 0.6) is 0 Å². The minimum Gasteiger partial charge on any atom is -0.397 e. The topological polar surface area (TPSA) is 55.1 Å². The van der Waals surface area contributed by atoms with Crippen molar-refractivity contribution in [3.05, 3.63) is 58.4 Å². The fourth-order valence-electron chi connectivity index (χ4n) is 1.92. The monoisotopic (exact) mass is 272 g/mol. The van der Waals surface area contributed by atoms with Gasteiger partial charge < -0.3 is 11.1 Å². The maximum absolute atomic E-state index is 13.5. The minimum atomic E-state index is -0.397. The fourth-order valence-corrected chi connectivity index (χ4v) is 1.92. The number of carbonyl (C=O) groups excluding carboxylic acids is 1. The van der Waals surface area contributed by atoms with Crippen LogP contribution in [-0.4, -0.2) is 5.91 Å². The number of nitrogens with one attached hydrogen (secondary N) is 1. The zero-order chi connectivity index (χ0) is 14.9. The van der Waals surface area contributed by atoms with Crippen molar-refractivity contribution in [2.45, 2.75) is 20.8 Å². The molecule has 0 aliphatic heterocycles. The van der Waals surface area contributed by atoms with E-state index in [1.807, 2.05) is 19.9 Å². The summed E-state index contributed by atoms with van der Waals surface area (Å²) in [5.41, 5.74) is 9.68. The molecular formula is C16H17FN2O. The molecule has 0 spiro atoms. The van der Waals surface area contributed by atoms with E-state index in [1.165, 1.54) is 6.07 Å². The lowest BCUT2D eigenvalue weighted by Crippen LogP contribution is -2.15. The minimum absolute atomic E-state index is 0.272. The molecule has 4 heteroatoms. The molecule has 0 atom stereocenters. The summed E-state index contributed by atoms with van der Waals surface area (Å²) in [5.74, 6) is -0.768. The van der Waals surface area contributed by atoms with Gasteiger partial charge in [-0.1, -0.05) is 12.1 Å². The summed E-state index contributed by atoms with van der Waals surface area (Å²) in [6.07, 6.45) is 0. The second-order valence-corrected chi connectivity index (χ2v) is 4.89. The first-order valence-corrected chi connectivity index (χ1v) is 6.33. The average Bonchev–Trinajstić information content (AvgIpc) is 2.42. The zero-order valence-electron chi connectivity index (χ0n) is 11.8. The first-order chi connectivity index (χ1) is 9.40. The van der Waals surface area contributed by atoms with Gasteiger partial charge in [0.15, 0.2) is 0 Å². The molecule has 3 N–H and O–H groups in total. The predicted octanol–water partition coefficient (Wildman–Crippen LogP) is 3.59. The van der Waals surface area contributed by atoms with E-state index in [9.17, 15) is 9.18 Å². The first kappa shape index (κ1) is 14.1. The molecule has 0 fully saturated rings. The third-order valence-electron chi connectivity index (χ3n) is 3.44. The van der Waals surface area contributed by atoms with Crippen molar-refractivity contribution in [1.29, 1.82) is 0 Å². The second-order valence-electron chi connectivity index (χ2n) is 4.89. The average molecular weight is 272 g/mol. The number of benzene rings is 2. The molecule has 0 radical (unpaired) electrons. The van der Waals surface area contributed by atoms with Gasteiger partial charge in [0.25, 0.3) is 5.91 Å². The van der Waals surface area contributed by atoms with Gasteiger partial charge in [0.2, 0.25) is 0 Å². The number of carbonyl (C=O) groups is 1. The highest BCUT2D eigenvalue weighted by Gasteiger charge is 2.12. The maximum Gasteiger partial charge on any atom is 0.255 e. The van der Waals surface area contributed by atoms with E-state index in [1.54, 1.807) is 25.1 Å².